The van der Waals surface area contributed by atoms with Gasteiger partial charge in [0.15, 0.2) is 11.5 Å². The number of aliphatic hydroxyl groups excluding tert-OH is 1. The molecule has 1 aromatic heterocycles. The van der Waals surface area contributed by atoms with Crippen molar-refractivity contribution in [2.75, 3.05) is 7.11 Å². The summed E-state index contributed by atoms with van der Waals surface area (Å²) in [6, 6.07) is 19.0. The smallest absolute Gasteiger partial charge is 0.223 e. The molecule has 6 nitrogen and oxygen atoms in total. The molecule has 4 rings (SSSR count). The van der Waals surface area contributed by atoms with E-state index in [1.165, 1.54) is 19.2 Å². The molecular weight excluding hydrogens is 399 g/mol. The predicted octanol–water partition coefficient (Wildman–Crippen LogP) is 4.85. The van der Waals surface area contributed by atoms with Gasteiger partial charge in [-0.2, -0.15) is 4.98 Å². The number of methoxy groups -OCH3 is 1. The van der Waals surface area contributed by atoms with E-state index in [9.17, 15) is 9.50 Å². The van der Waals surface area contributed by atoms with Gasteiger partial charge in [0, 0.05) is 23.6 Å². The molecule has 158 valence electrons. The van der Waals surface area contributed by atoms with Gasteiger partial charge in [0.25, 0.3) is 0 Å². The molecule has 4 aromatic rings. The second-order valence-corrected chi connectivity index (χ2v) is 6.93. The van der Waals surface area contributed by atoms with Crippen LogP contribution in [0, 0.1) is 12.7 Å². The lowest BCUT2D eigenvalue weighted by atomic mass is 9.95. The van der Waals surface area contributed by atoms with E-state index in [0.717, 1.165) is 5.56 Å². The molecule has 1 N–H and O–H groups in total. The van der Waals surface area contributed by atoms with Gasteiger partial charge >= 0.3 is 0 Å². The van der Waals surface area contributed by atoms with Gasteiger partial charge in [0.05, 0.1) is 7.11 Å². The summed E-state index contributed by atoms with van der Waals surface area (Å²) in [6.07, 6.45) is -1.28. The van der Waals surface area contributed by atoms with Crippen molar-refractivity contribution in [3.8, 4) is 22.9 Å². The Bertz CT molecular complexity index is 1180. The Hall–Kier alpha value is -3.71. The highest BCUT2D eigenvalue weighted by Crippen LogP contribution is 2.40. The highest BCUT2D eigenvalue weighted by Gasteiger charge is 2.24. The Kier molecular flexibility index (Phi) is 5.95. The molecule has 0 aliphatic carbocycles. The first-order valence-electron chi connectivity index (χ1n) is 9.68. The molecular formula is C24H21FN2O4. The minimum Gasteiger partial charge on any atom is -0.493 e. The third-order valence-corrected chi connectivity index (χ3v) is 4.84. The van der Waals surface area contributed by atoms with E-state index in [2.05, 4.69) is 10.1 Å². The number of nitrogens with zero attached hydrogens (tertiary/aromatic N) is 2. The van der Waals surface area contributed by atoms with Crippen LogP contribution in [0.1, 0.15) is 28.7 Å². The molecule has 0 saturated carbocycles. The van der Waals surface area contributed by atoms with Gasteiger partial charge in [-0.15, -0.1) is 0 Å². The van der Waals surface area contributed by atoms with Gasteiger partial charge in [-0.3, -0.25) is 0 Å². The molecule has 0 saturated heterocycles. The second kappa shape index (κ2) is 8.97. The largest absolute Gasteiger partial charge is 0.493 e. The van der Waals surface area contributed by atoms with Crippen molar-refractivity contribution in [3.63, 3.8) is 0 Å². The van der Waals surface area contributed by atoms with Crippen molar-refractivity contribution in [2.45, 2.75) is 19.6 Å². The van der Waals surface area contributed by atoms with Gasteiger partial charge < -0.3 is 19.1 Å². The summed E-state index contributed by atoms with van der Waals surface area (Å²) < 4.78 is 31.0. The van der Waals surface area contributed by atoms with E-state index >= 15 is 0 Å². The van der Waals surface area contributed by atoms with Crippen LogP contribution in [0.5, 0.6) is 11.5 Å². The molecule has 0 amide bonds. The van der Waals surface area contributed by atoms with E-state index in [1.807, 2.05) is 30.3 Å². The fourth-order valence-corrected chi connectivity index (χ4v) is 3.28. The number of aliphatic hydroxyl groups is 1. The first kappa shape index (κ1) is 20.6. The zero-order valence-electron chi connectivity index (χ0n) is 17.1. The first-order valence-corrected chi connectivity index (χ1v) is 9.68. The van der Waals surface area contributed by atoms with Crippen molar-refractivity contribution >= 4 is 0 Å². The SMILES string of the molecule is COc1cc(-c2noc(C)n2)c(C(O)c2ccccc2F)cc1OCc1ccccc1. The van der Waals surface area contributed by atoms with Crippen LogP contribution in [0.3, 0.4) is 0 Å². The number of benzene rings is 3. The van der Waals surface area contributed by atoms with E-state index in [1.54, 1.807) is 31.2 Å². The standard InChI is InChI=1S/C24H21FN2O4/c1-15-26-24(27-31-15)19-13-21(29-2)22(30-14-16-8-4-3-5-9-16)12-18(19)23(28)17-10-6-7-11-20(17)25/h3-13,23,28H,14H2,1-2H3. The predicted molar refractivity (Wildman–Crippen MR) is 112 cm³/mol. The molecule has 0 spiro atoms. The van der Waals surface area contributed by atoms with Crippen molar-refractivity contribution in [1.82, 2.24) is 10.1 Å². The minimum absolute atomic E-state index is 0.128. The quantitative estimate of drug-likeness (QED) is 0.460. The number of aryl methyl sites for hydroxylation is 1. The maximum atomic E-state index is 14.4. The Labute approximate surface area is 178 Å². The monoisotopic (exact) mass is 420 g/mol. The van der Waals surface area contributed by atoms with Crippen molar-refractivity contribution in [3.05, 3.63) is 95.1 Å². The Balaban J connectivity index is 1.80. The topological polar surface area (TPSA) is 77.6 Å². The van der Waals surface area contributed by atoms with E-state index < -0.39 is 11.9 Å². The minimum atomic E-state index is -1.28. The molecule has 0 bridgehead atoms. The third kappa shape index (κ3) is 4.41. The van der Waals surface area contributed by atoms with Crippen LogP contribution in [0.25, 0.3) is 11.4 Å². The molecule has 1 atom stereocenters. The average molecular weight is 420 g/mol. The maximum Gasteiger partial charge on any atom is 0.223 e. The van der Waals surface area contributed by atoms with Crippen LogP contribution in [0.4, 0.5) is 4.39 Å². The average Bonchev–Trinajstić information content (AvgIpc) is 3.23. The molecule has 3 aromatic carbocycles. The number of aromatic nitrogens is 2. The van der Waals surface area contributed by atoms with Gasteiger partial charge in [0.1, 0.15) is 18.5 Å². The van der Waals surface area contributed by atoms with Crippen LogP contribution in [-0.2, 0) is 6.61 Å². The van der Waals surface area contributed by atoms with E-state index in [0.29, 0.717) is 35.1 Å². The lowest BCUT2D eigenvalue weighted by Crippen LogP contribution is -2.07. The highest BCUT2D eigenvalue weighted by molar-refractivity contribution is 5.67. The lowest BCUT2D eigenvalue weighted by Gasteiger charge is -2.19. The van der Waals surface area contributed by atoms with Crippen molar-refractivity contribution in [2.24, 2.45) is 0 Å². The van der Waals surface area contributed by atoms with Crippen LogP contribution in [-0.4, -0.2) is 22.4 Å². The van der Waals surface area contributed by atoms with Gasteiger partial charge in [0.2, 0.25) is 11.7 Å². The Morgan fingerprint density at radius 3 is 2.42 bits per heavy atom. The van der Waals surface area contributed by atoms with Crippen LogP contribution >= 0.6 is 0 Å². The van der Waals surface area contributed by atoms with Gasteiger partial charge in [-0.1, -0.05) is 53.7 Å². The molecule has 0 radical (unpaired) electrons. The van der Waals surface area contributed by atoms with Crippen LogP contribution < -0.4 is 9.47 Å². The summed E-state index contributed by atoms with van der Waals surface area (Å²) in [5.41, 5.74) is 1.92. The van der Waals surface area contributed by atoms with E-state index in [4.69, 9.17) is 14.0 Å². The third-order valence-electron chi connectivity index (χ3n) is 4.84. The molecule has 31 heavy (non-hydrogen) atoms. The maximum absolute atomic E-state index is 14.4. The molecule has 1 heterocycles. The van der Waals surface area contributed by atoms with Crippen molar-refractivity contribution < 1.29 is 23.5 Å². The van der Waals surface area contributed by atoms with Gasteiger partial charge in [-0.05, 0) is 23.8 Å². The van der Waals surface area contributed by atoms with Crippen molar-refractivity contribution in [1.29, 1.82) is 0 Å². The normalized spacial score (nSPS) is 11.9. The van der Waals surface area contributed by atoms with E-state index in [-0.39, 0.29) is 11.4 Å². The summed E-state index contributed by atoms with van der Waals surface area (Å²) in [7, 11) is 1.52. The number of halogens is 1. The second-order valence-electron chi connectivity index (χ2n) is 6.93. The van der Waals surface area contributed by atoms with Gasteiger partial charge in [-0.25, -0.2) is 4.39 Å². The number of hydrogen-bond donors (Lipinski definition) is 1. The summed E-state index contributed by atoms with van der Waals surface area (Å²) in [6.45, 7) is 1.96. The fraction of sp³-hybridized carbons (Fsp3) is 0.167. The summed E-state index contributed by atoms with van der Waals surface area (Å²) >= 11 is 0. The lowest BCUT2D eigenvalue weighted by molar-refractivity contribution is 0.214. The molecule has 7 heteroatoms. The van der Waals surface area contributed by atoms with Crippen LogP contribution in [0.2, 0.25) is 0 Å². The summed E-state index contributed by atoms with van der Waals surface area (Å²) in [5.74, 6) is 0.937. The Morgan fingerprint density at radius 2 is 1.74 bits per heavy atom. The Morgan fingerprint density at radius 1 is 1.00 bits per heavy atom. The summed E-state index contributed by atoms with van der Waals surface area (Å²) in [5, 5.41) is 15.0. The number of ether oxygens (including phenoxy) is 2. The number of hydrogen-bond acceptors (Lipinski definition) is 6. The van der Waals surface area contributed by atoms with Crippen LogP contribution in [0.15, 0.2) is 71.3 Å². The first-order chi connectivity index (χ1) is 15.1. The number of rotatable bonds is 7. The highest BCUT2D eigenvalue weighted by atomic mass is 19.1. The molecule has 0 fully saturated rings. The fourth-order valence-electron chi connectivity index (χ4n) is 3.28. The zero-order valence-corrected chi connectivity index (χ0v) is 17.1. The molecule has 0 aliphatic rings. The molecule has 0 aliphatic heterocycles. The summed E-state index contributed by atoms with van der Waals surface area (Å²) in [4.78, 5) is 4.26. The molecule has 1 unspecified atom stereocenters. The zero-order chi connectivity index (χ0) is 21.8.